The first-order valence-corrected chi connectivity index (χ1v) is 6.69. The largest absolute Gasteiger partial charge is 0.302 e. The number of hydrogen-bond donors (Lipinski definition) is 0. The van der Waals surface area contributed by atoms with Gasteiger partial charge in [-0.3, -0.25) is 0 Å². The molecule has 1 spiro atoms. The van der Waals surface area contributed by atoms with Crippen LogP contribution >= 0.6 is 0 Å². The van der Waals surface area contributed by atoms with Crippen molar-refractivity contribution in [3.05, 3.63) is 11.6 Å². The molecule has 0 aromatic rings. The summed E-state index contributed by atoms with van der Waals surface area (Å²) < 4.78 is 0. The first-order valence-electron chi connectivity index (χ1n) is 6.69. The summed E-state index contributed by atoms with van der Waals surface area (Å²) >= 11 is 0. The average Bonchev–Trinajstić information content (AvgIpc) is 2.76. The summed E-state index contributed by atoms with van der Waals surface area (Å²) in [5.74, 6) is 0.707. The van der Waals surface area contributed by atoms with Crippen LogP contribution in [0.15, 0.2) is 11.6 Å². The molecular formula is C15H22O. The van der Waals surface area contributed by atoms with Crippen molar-refractivity contribution in [2.45, 2.75) is 52.9 Å². The highest BCUT2D eigenvalue weighted by atomic mass is 16.1. The molecule has 0 amide bonds. The molecule has 0 aromatic carbocycles. The molecule has 0 aromatic heterocycles. The summed E-state index contributed by atoms with van der Waals surface area (Å²) in [5, 5.41) is 0. The Hall–Kier alpha value is -0.590. The van der Waals surface area contributed by atoms with Gasteiger partial charge >= 0.3 is 0 Å². The molecule has 0 radical (unpaired) electrons. The van der Waals surface area contributed by atoms with E-state index in [1.54, 1.807) is 0 Å². The minimum Gasteiger partial charge on any atom is -0.302 e. The molecule has 1 heteroatoms. The standard InChI is InChI=1S/C15H22O/c1-11-5-8-14(10-16)12(2)9-13(3)6-4-7-15(11,13)14/h9-11H,4-8H2,1-3H3. The molecule has 2 saturated carbocycles. The van der Waals surface area contributed by atoms with Crippen LogP contribution in [0.25, 0.3) is 0 Å². The molecule has 0 heterocycles. The van der Waals surface area contributed by atoms with Crippen LogP contribution in [0.1, 0.15) is 52.9 Å². The van der Waals surface area contributed by atoms with Crippen LogP contribution in [-0.4, -0.2) is 6.29 Å². The van der Waals surface area contributed by atoms with Crippen LogP contribution in [0.4, 0.5) is 0 Å². The van der Waals surface area contributed by atoms with Crippen molar-refractivity contribution in [3.8, 4) is 0 Å². The molecule has 1 nitrogen and oxygen atoms in total. The number of allylic oxidation sites excluding steroid dienone is 2. The maximum Gasteiger partial charge on any atom is 0.130 e. The van der Waals surface area contributed by atoms with Gasteiger partial charge in [0.05, 0.1) is 5.41 Å². The maximum atomic E-state index is 11.8. The van der Waals surface area contributed by atoms with E-state index in [2.05, 4.69) is 26.8 Å². The minimum atomic E-state index is -0.0995. The lowest BCUT2D eigenvalue weighted by molar-refractivity contribution is -0.122. The second-order valence-electron chi connectivity index (χ2n) is 6.60. The Morgan fingerprint density at radius 3 is 2.81 bits per heavy atom. The number of carbonyl (C=O) groups is 1. The Kier molecular flexibility index (Phi) is 1.85. The quantitative estimate of drug-likeness (QED) is 0.484. The van der Waals surface area contributed by atoms with E-state index in [0.717, 1.165) is 6.42 Å². The van der Waals surface area contributed by atoms with Gasteiger partial charge in [-0.05, 0) is 49.4 Å². The van der Waals surface area contributed by atoms with Gasteiger partial charge in [0.15, 0.2) is 0 Å². The molecule has 0 bridgehead atoms. The molecule has 2 fully saturated rings. The number of hydrogen-bond acceptors (Lipinski definition) is 1. The van der Waals surface area contributed by atoms with Gasteiger partial charge in [-0.2, -0.15) is 0 Å². The topological polar surface area (TPSA) is 17.1 Å². The minimum absolute atomic E-state index is 0.0995. The van der Waals surface area contributed by atoms with Crippen molar-refractivity contribution in [1.82, 2.24) is 0 Å². The maximum absolute atomic E-state index is 11.8. The van der Waals surface area contributed by atoms with E-state index in [4.69, 9.17) is 0 Å². The Morgan fingerprint density at radius 2 is 2.12 bits per heavy atom. The molecule has 0 saturated heterocycles. The summed E-state index contributed by atoms with van der Waals surface area (Å²) in [6.45, 7) is 6.97. The zero-order valence-corrected chi connectivity index (χ0v) is 10.7. The third-order valence-electron chi connectivity index (χ3n) is 6.34. The predicted molar refractivity (Wildman–Crippen MR) is 65.0 cm³/mol. The molecule has 3 aliphatic carbocycles. The van der Waals surface area contributed by atoms with Crippen molar-refractivity contribution in [2.24, 2.45) is 22.2 Å². The molecule has 4 atom stereocenters. The van der Waals surface area contributed by atoms with Crippen LogP contribution < -0.4 is 0 Å². The first kappa shape index (κ1) is 10.6. The molecule has 0 N–H and O–H groups in total. The lowest BCUT2D eigenvalue weighted by Gasteiger charge is -2.47. The van der Waals surface area contributed by atoms with Gasteiger partial charge in [0.1, 0.15) is 6.29 Å². The van der Waals surface area contributed by atoms with Crippen LogP contribution in [-0.2, 0) is 4.79 Å². The predicted octanol–water partition coefficient (Wildman–Crippen LogP) is 3.74. The highest BCUT2D eigenvalue weighted by molar-refractivity contribution is 5.71. The van der Waals surface area contributed by atoms with Gasteiger partial charge in [0.2, 0.25) is 0 Å². The zero-order valence-electron chi connectivity index (χ0n) is 10.7. The van der Waals surface area contributed by atoms with Crippen molar-refractivity contribution in [3.63, 3.8) is 0 Å². The second-order valence-corrected chi connectivity index (χ2v) is 6.60. The summed E-state index contributed by atoms with van der Waals surface area (Å²) in [6, 6.07) is 0. The van der Waals surface area contributed by atoms with Gasteiger partial charge in [0, 0.05) is 0 Å². The smallest absolute Gasteiger partial charge is 0.130 e. The van der Waals surface area contributed by atoms with Gasteiger partial charge < -0.3 is 4.79 Å². The highest BCUT2D eigenvalue weighted by Gasteiger charge is 2.71. The Balaban J connectivity index is 2.26. The van der Waals surface area contributed by atoms with E-state index in [-0.39, 0.29) is 10.8 Å². The van der Waals surface area contributed by atoms with Crippen LogP contribution in [0.5, 0.6) is 0 Å². The number of carbonyl (C=O) groups excluding carboxylic acids is 1. The Bertz CT molecular complexity index is 383. The lowest BCUT2D eigenvalue weighted by atomic mass is 9.55. The van der Waals surface area contributed by atoms with Gasteiger partial charge in [-0.15, -0.1) is 0 Å². The molecule has 88 valence electrons. The molecule has 0 aliphatic heterocycles. The van der Waals surface area contributed by atoms with E-state index in [9.17, 15) is 4.79 Å². The van der Waals surface area contributed by atoms with E-state index in [1.165, 1.54) is 37.5 Å². The van der Waals surface area contributed by atoms with Gasteiger partial charge in [-0.25, -0.2) is 0 Å². The fraction of sp³-hybridized carbons (Fsp3) is 0.800. The average molecular weight is 218 g/mol. The Labute approximate surface area is 98.3 Å². The summed E-state index contributed by atoms with van der Waals surface area (Å²) in [5.41, 5.74) is 1.84. The first-order chi connectivity index (χ1) is 7.52. The van der Waals surface area contributed by atoms with Crippen LogP contribution in [0, 0.1) is 22.2 Å². The van der Waals surface area contributed by atoms with Crippen molar-refractivity contribution in [1.29, 1.82) is 0 Å². The third-order valence-corrected chi connectivity index (χ3v) is 6.34. The molecule has 16 heavy (non-hydrogen) atoms. The highest BCUT2D eigenvalue weighted by Crippen LogP contribution is 2.76. The summed E-state index contributed by atoms with van der Waals surface area (Å²) in [6.07, 6.45) is 9.93. The van der Waals surface area contributed by atoms with E-state index in [1.807, 2.05) is 0 Å². The molecule has 4 unspecified atom stereocenters. The van der Waals surface area contributed by atoms with E-state index in [0.29, 0.717) is 11.3 Å². The van der Waals surface area contributed by atoms with Crippen molar-refractivity contribution >= 4 is 6.29 Å². The normalized spacial score (nSPS) is 54.7. The fourth-order valence-corrected chi connectivity index (χ4v) is 5.75. The third kappa shape index (κ3) is 0.781. The number of rotatable bonds is 1. The zero-order chi connectivity index (χ0) is 11.6. The summed E-state index contributed by atoms with van der Waals surface area (Å²) in [4.78, 5) is 11.8. The number of aldehydes is 1. The summed E-state index contributed by atoms with van der Waals surface area (Å²) in [7, 11) is 0. The molecule has 3 rings (SSSR count). The van der Waals surface area contributed by atoms with Gasteiger partial charge in [0.25, 0.3) is 0 Å². The monoisotopic (exact) mass is 218 g/mol. The SMILES string of the molecule is CC1=CC2(C)CCCC23C(C)CCC13C=O. The van der Waals surface area contributed by atoms with Gasteiger partial charge in [-0.1, -0.05) is 31.9 Å². The van der Waals surface area contributed by atoms with Crippen LogP contribution in [0.2, 0.25) is 0 Å². The Morgan fingerprint density at radius 1 is 1.38 bits per heavy atom. The van der Waals surface area contributed by atoms with Crippen molar-refractivity contribution < 1.29 is 4.79 Å². The second kappa shape index (κ2) is 2.80. The van der Waals surface area contributed by atoms with Crippen molar-refractivity contribution in [2.75, 3.05) is 0 Å². The van der Waals surface area contributed by atoms with E-state index >= 15 is 0 Å². The van der Waals surface area contributed by atoms with E-state index < -0.39 is 0 Å². The molecular weight excluding hydrogens is 196 g/mol. The lowest BCUT2D eigenvalue weighted by Crippen LogP contribution is -2.45. The van der Waals surface area contributed by atoms with Crippen LogP contribution in [0.3, 0.4) is 0 Å². The fourth-order valence-electron chi connectivity index (χ4n) is 5.75. The molecule has 3 aliphatic rings.